The number of imide groups is 1. The van der Waals surface area contributed by atoms with Crippen LogP contribution in [0.4, 0.5) is 9.18 Å². The van der Waals surface area contributed by atoms with Crippen molar-refractivity contribution in [2.75, 3.05) is 6.54 Å². The Morgan fingerprint density at radius 3 is 2.33 bits per heavy atom. The Morgan fingerprint density at radius 2 is 1.81 bits per heavy atom. The van der Waals surface area contributed by atoms with Crippen LogP contribution < -0.4 is 16.0 Å². The molecule has 5 nitrogen and oxygen atoms in total. The van der Waals surface area contributed by atoms with Crippen molar-refractivity contribution in [1.29, 1.82) is 0 Å². The van der Waals surface area contributed by atoms with E-state index < -0.39 is 18.0 Å². The molecule has 0 aliphatic heterocycles. The molecule has 6 heteroatoms. The van der Waals surface area contributed by atoms with Gasteiger partial charge in [-0.1, -0.05) is 12.1 Å². The van der Waals surface area contributed by atoms with Crippen molar-refractivity contribution in [3.8, 4) is 0 Å². The van der Waals surface area contributed by atoms with E-state index in [1.807, 2.05) is 0 Å². The van der Waals surface area contributed by atoms with Crippen LogP contribution in [0, 0.1) is 19.7 Å². The van der Waals surface area contributed by atoms with Crippen molar-refractivity contribution < 1.29 is 14.0 Å². The molecule has 0 aliphatic carbocycles. The quantitative estimate of drug-likeness (QED) is 0.775. The van der Waals surface area contributed by atoms with E-state index in [-0.39, 0.29) is 5.82 Å². The number of halogens is 1. The van der Waals surface area contributed by atoms with E-state index in [2.05, 4.69) is 16.0 Å². The Balaban J connectivity index is 2.54. The maximum absolute atomic E-state index is 13.5. The summed E-state index contributed by atoms with van der Waals surface area (Å²) in [5.74, 6) is -0.614. The van der Waals surface area contributed by atoms with Gasteiger partial charge in [0, 0.05) is 13.1 Å². The van der Waals surface area contributed by atoms with Crippen LogP contribution in [0.1, 0.15) is 30.5 Å². The highest BCUT2D eigenvalue weighted by molar-refractivity contribution is 5.96. The van der Waals surface area contributed by atoms with Crippen LogP contribution >= 0.6 is 0 Å². The van der Waals surface area contributed by atoms with Gasteiger partial charge >= 0.3 is 6.03 Å². The third-order valence-electron chi connectivity index (χ3n) is 3.08. The van der Waals surface area contributed by atoms with Crippen LogP contribution in [0.25, 0.3) is 0 Å². The van der Waals surface area contributed by atoms with E-state index >= 15 is 0 Å². The average molecular weight is 295 g/mol. The molecular formula is C15H22FN3O2. The minimum absolute atomic E-state index is 0.208. The highest BCUT2D eigenvalue weighted by Gasteiger charge is 2.15. The van der Waals surface area contributed by atoms with Crippen molar-refractivity contribution in [3.05, 3.63) is 34.6 Å². The first kappa shape index (κ1) is 17.1. The van der Waals surface area contributed by atoms with E-state index in [1.165, 1.54) is 0 Å². The average Bonchev–Trinajstić information content (AvgIpc) is 2.42. The number of benzene rings is 1. The largest absolute Gasteiger partial charge is 0.338 e. The number of nitrogens with one attached hydrogen (secondary N) is 3. The van der Waals surface area contributed by atoms with Crippen LogP contribution in [0.5, 0.6) is 0 Å². The highest BCUT2D eigenvalue weighted by atomic mass is 19.1. The molecule has 1 aromatic carbocycles. The number of carbonyl (C=O) groups excluding carboxylic acids is 2. The molecule has 0 fully saturated rings. The molecule has 3 amide bonds. The third kappa shape index (κ3) is 5.15. The monoisotopic (exact) mass is 295 g/mol. The third-order valence-corrected chi connectivity index (χ3v) is 3.08. The van der Waals surface area contributed by atoms with Gasteiger partial charge in [0.25, 0.3) is 0 Å². The molecule has 0 heterocycles. The number of rotatable bonds is 5. The molecule has 0 spiro atoms. The van der Waals surface area contributed by atoms with Gasteiger partial charge in [-0.3, -0.25) is 10.1 Å². The second-order valence-corrected chi connectivity index (χ2v) is 4.99. The zero-order valence-corrected chi connectivity index (χ0v) is 12.8. The number of aryl methyl sites for hydroxylation is 2. The van der Waals surface area contributed by atoms with Crippen LogP contribution in [0.3, 0.4) is 0 Å². The smallest absolute Gasteiger partial charge is 0.321 e. The second kappa shape index (κ2) is 7.73. The van der Waals surface area contributed by atoms with Gasteiger partial charge in [-0.15, -0.1) is 0 Å². The first-order valence-electron chi connectivity index (χ1n) is 6.92. The van der Waals surface area contributed by atoms with Gasteiger partial charge in [-0.05, 0) is 44.4 Å². The van der Waals surface area contributed by atoms with Gasteiger partial charge in [-0.25, -0.2) is 9.18 Å². The van der Waals surface area contributed by atoms with Crippen molar-refractivity contribution >= 4 is 11.9 Å². The summed E-state index contributed by atoms with van der Waals surface area (Å²) in [5.41, 5.74) is 2.04. The standard InChI is InChI=1S/C15H22FN3O2/c1-5-17-15(21)19-14(20)11(4)18-8-12-6-9(2)13(16)10(3)7-12/h6-7,11,18H,5,8H2,1-4H3,(H2,17,19,20,21). The summed E-state index contributed by atoms with van der Waals surface area (Å²) in [6.07, 6.45) is 0. The number of urea groups is 1. The molecule has 3 N–H and O–H groups in total. The van der Waals surface area contributed by atoms with Gasteiger partial charge < -0.3 is 10.6 Å². The summed E-state index contributed by atoms with van der Waals surface area (Å²) in [5, 5.41) is 7.73. The lowest BCUT2D eigenvalue weighted by molar-refractivity contribution is -0.121. The van der Waals surface area contributed by atoms with Gasteiger partial charge in [-0.2, -0.15) is 0 Å². The predicted octanol–water partition coefficient (Wildman–Crippen LogP) is 1.77. The molecule has 0 bridgehead atoms. The molecule has 21 heavy (non-hydrogen) atoms. The Morgan fingerprint density at radius 1 is 1.24 bits per heavy atom. The molecule has 0 aromatic heterocycles. The molecule has 1 rings (SSSR count). The number of carbonyl (C=O) groups is 2. The topological polar surface area (TPSA) is 70.2 Å². The summed E-state index contributed by atoms with van der Waals surface area (Å²) in [7, 11) is 0. The van der Waals surface area contributed by atoms with Crippen LogP contribution in [-0.2, 0) is 11.3 Å². The van der Waals surface area contributed by atoms with E-state index in [9.17, 15) is 14.0 Å². The summed E-state index contributed by atoms with van der Waals surface area (Å²) in [4.78, 5) is 23.0. The van der Waals surface area contributed by atoms with Gasteiger partial charge in [0.15, 0.2) is 0 Å². The Bertz CT molecular complexity index is 509. The van der Waals surface area contributed by atoms with Crippen molar-refractivity contribution in [3.63, 3.8) is 0 Å². The normalized spacial score (nSPS) is 11.9. The molecule has 0 radical (unpaired) electrons. The van der Waals surface area contributed by atoms with E-state index in [0.717, 1.165) is 5.56 Å². The fourth-order valence-electron chi connectivity index (χ4n) is 1.93. The Hall–Kier alpha value is -1.95. The fourth-order valence-corrected chi connectivity index (χ4v) is 1.93. The predicted molar refractivity (Wildman–Crippen MR) is 79.4 cm³/mol. The summed E-state index contributed by atoms with van der Waals surface area (Å²) in [6, 6.07) is 2.44. The minimum Gasteiger partial charge on any atom is -0.338 e. The lowest BCUT2D eigenvalue weighted by Crippen LogP contribution is -2.47. The van der Waals surface area contributed by atoms with Gasteiger partial charge in [0.2, 0.25) is 5.91 Å². The second-order valence-electron chi connectivity index (χ2n) is 4.99. The fraction of sp³-hybridized carbons (Fsp3) is 0.467. The van der Waals surface area contributed by atoms with Crippen molar-refractivity contribution in [2.45, 2.75) is 40.3 Å². The molecule has 1 atom stereocenters. The maximum atomic E-state index is 13.5. The van der Waals surface area contributed by atoms with Crippen LogP contribution in [0.2, 0.25) is 0 Å². The zero-order chi connectivity index (χ0) is 16.0. The summed E-state index contributed by atoms with van der Waals surface area (Å²) < 4.78 is 13.5. The summed E-state index contributed by atoms with van der Waals surface area (Å²) >= 11 is 0. The van der Waals surface area contributed by atoms with E-state index in [4.69, 9.17) is 0 Å². The molecule has 0 aliphatic rings. The number of amides is 3. The molecule has 1 aromatic rings. The molecule has 1 unspecified atom stereocenters. The summed E-state index contributed by atoms with van der Waals surface area (Å²) in [6.45, 7) is 7.72. The van der Waals surface area contributed by atoms with Crippen molar-refractivity contribution in [2.24, 2.45) is 0 Å². The first-order chi connectivity index (χ1) is 9.85. The van der Waals surface area contributed by atoms with Gasteiger partial charge in [0.1, 0.15) is 5.82 Å². The van der Waals surface area contributed by atoms with Crippen molar-refractivity contribution in [1.82, 2.24) is 16.0 Å². The number of hydrogen-bond acceptors (Lipinski definition) is 3. The molecule has 116 valence electrons. The highest BCUT2D eigenvalue weighted by Crippen LogP contribution is 2.14. The van der Waals surface area contributed by atoms with E-state index in [1.54, 1.807) is 39.8 Å². The van der Waals surface area contributed by atoms with Crippen LogP contribution in [0.15, 0.2) is 12.1 Å². The number of hydrogen-bond donors (Lipinski definition) is 3. The molecule has 0 saturated carbocycles. The molecule has 0 saturated heterocycles. The zero-order valence-electron chi connectivity index (χ0n) is 12.8. The first-order valence-corrected chi connectivity index (χ1v) is 6.92. The van der Waals surface area contributed by atoms with Gasteiger partial charge in [0.05, 0.1) is 6.04 Å². The lowest BCUT2D eigenvalue weighted by Gasteiger charge is -2.14. The Kier molecular flexibility index (Phi) is 6.30. The van der Waals surface area contributed by atoms with Crippen LogP contribution in [-0.4, -0.2) is 24.5 Å². The lowest BCUT2D eigenvalue weighted by atomic mass is 10.1. The van der Waals surface area contributed by atoms with E-state index in [0.29, 0.717) is 24.2 Å². The molecular weight excluding hydrogens is 273 g/mol. The SMILES string of the molecule is CCNC(=O)NC(=O)C(C)NCc1cc(C)c(F)c(C)c1. The maximum Gasteiger partial charge on any atom is 0.321 e. The minimum atomic E-state index is -0.529. The Labute approximate surface area is 124 Å².